The molecule has 0 saturated heterocycles. The number of anilines is 1. The first-order chi connectivity index (χ1) is 14.0. The number of aryl methyl sites for hydroxylation is 1. The third-order valence-electron chi connectivity index (χ3n) is 3.93. The van der Waals surface area contributed by atoms with E-state index in [4.69, 9.17) is 9.47 Å². The lowest BCUT2D eigenvalue weighted by Gasteiger charge is -2.09. The van der Waals surface area contributed by atoms with E-state index in [0.717, 1.165) is 0 Å². The zero-order valence-electron chi connectivity index (χ0n) is 16.3. The Morgan fingerprint density at radius 3 is 2.69 bits per heavy atom. The van der Waals surface area contributed by atoms with Crippen LogP contribution in [0.4, 0.5) is 10.1 Å². The molecule has 2 aromatic heterocycles. The van der Waals surface area contributed by atoms with Crippen LogP contribution in [0.2, 0.25) is 0 Å². The van der Waals surface area contributed by atoms with E-state index >= 15 is 0 Å². The van der Waals surface area contributed by atoms with Crippen LogP contribution in [0.15, 0.2) is 35.6 Å². The Hall–Kier alpha value is -2.92. The average molecular weight is 420 g/mol. The van der Waals surface area contributed by atoms with Gasteiger partial charge in [-0.1, -0.05) is 11.8 Å². The number of halogens is 1. The Labute approximate surface area is 171 Å². The van der Waals surface area contributed by atoms with E-state index in [-0.39, 0.29) is 17.5 Å². The molecular formula is C18H21FN6O3S. The molecule has 154 valence electrons. The van der Waals surface area contributed by atoms with E-state index in [2.05, 4.69) is 20.6 Å². The van der Waals surface area contributed by atoms with Crippen LogP contribution in [0.5, 0.6) is 5.88 Å². The van der Waals surface area contributed by atoms with Crippen LogP contribution in [0, 0.1) is 5.82 Å². The van der Waals surface area contributed by atoms with Crippen LogP contribution in [0.1, 0.15) is 0 Å². The number of methoxy groups -OCH3 is 2. The van der Waals surface area contributed by atoms with E-state index in [1.807, 2.05) is 4.57 Å². The van der Waals surface area contributed by atoms with Crippen molar-refractivity contribution < 1.29 is 18.7 Å². The number of nitrogens with one attached hydrogen (secondary N) is 1. The van der Waals surface area contributed by atoms with Crippen molar-refractivity contribution in [2.75, 3.05) is 31.9 Å². The third kappa shape index (κ3) is 5.12. The van der Waals surface area contributed by atoms with Crippen molar-refractivity contribution in [2.24, 2.45) is 7.05 Å². The fraction of sp³-hybridized carbons (Fsp3) is 0.333. The van der Waals surface area contributed by atoms with Gasteiger partial charge in [-0.2, -0.15) is 0 Å². The molecule has 1 amide bonds. The number of aromatic nitrogens is 5. The highest BCUT2D eigenvalue weighted by molar-refractivity contribution is 7.99. The van der Waals surface area contributed by atoms with Crippen LogP contribution in [0.3, 0.4) is 0 Å². The molecule has 0 aliphatic heterocycles. The van der Waals surface area contributed by atoms with E-state index < -0.39 is 0 Å². The summed E-state index contributed by atoms with van der Waals surface area (Å²) in [6.45, 7) is 0.946. The molecule has 3 rings (SSSR count). The molecular weight excluding hydrogens is 399 g/mol. The van der Waals surface area contributed by atoms with Gasteiger partial charge in [0.05, 0.1) is 26.0 Å². The van der Waals surface area contributed by atoms with E-state index in [9.17, 15) is 9.18 Å². The lowest BCUT2D eigenvalue weighted by molar-refractivity contribution is -0.113. The van der Waals surface area contributed by atoms with Gasteiger partial charge in [-0.15, -0.1) is 15.3 Å². The first kappa shape index (κ1) is 20.8. The molecule has 0 spiro atoms. The molecule has 11 heteroatoms. The van der Waals surface area contributed by atoms with Gasteiger partial charge in [0.25, 0.3) is 0 Å². The van der Waals surface area contributed by atoms with Crippen LogP contribution >= 0.6 is 11.8 Å². The summed E-state index contributed by atoms with van der Waals surface area (Å²) in [4.78, 5) is 12.2. The smallest absolute Gasteiger partial charge is 0.243 e. The number of nitrogens with zero attached hydrogens (tertiary/aromatic N) is 5. The van der Waals surface area contributed by atoms with Crippen molar-refractivity contribution in [1.29, 1.82) is 0 Å². The van der Waals surface area contributed by atoms with Gasteiger partial charge < -0.3 is 14.8 Å². The number of thioether (sulfide) groups is 1. The minimum atomic E-state index is -0.359. The topological polar surface area (TPSA) is 96.1 Å². The minimum absolute atomic E-state index is 0.118. The number of hydrogen-bond acceptors (Lipinski definition) is 7. The molecule has 29 heavy (non-hydrogen) atoms. The second-order valence-electron chi connectivity index (χ2n) is 6.02. The van der Waals surface area contributed by atoms with Gasteiger partial charge in [-0.25, -0.2) is 4.39 Å². The first-order valence-electron chi connectivity index (χ1n) is 8.70. The maximum atomic E-state index is 13.0. The molecule has 0 aliphatic rings. The van der Waals surface area contributed by atoms with E-state index in [1.54, 1.807) is 25.0 Å². The van der Waals surface area contributed by atoms with Crippen LogP contribution < -0.4 is 10.1 Å². The molecule has 1 N–H and O–H groups in total. The summed E-state index contributed by atoms with van der Waals surface area (Å²) in [5.41, 5.74) is 1.22. The molecule has 0 radical (unpaired) electrons. The quantitative estimate of drug-likeness (QED) is 0.530. The number of carbonyl (C=O) groups is 1. The molecule has 0 atom stereocenters. The Kier molecular flexibility index (Phi) is 6.83. The maximum absolute atomic E-state index is 13.0. The summed E-state index contributed by atoms with van der Waals surface area (Å²) in [6.07, 6.45) is 1.79. The summed E-state index contributed by atoms with van der Waals surface area (Å²) >= 11 is 1.24. The van der Waals surface area contributed by atoms with Crippen LogP contribution in [-0.2, 0) is 23.1 Å². The molecule has 3 aromatic rings. The zero-order valence-corrected chi connectivity index (χ0v) is 17.1. The van der Waals surface area contributed by atoms with Crippen molar-refractivity contribution in [3.8, 4) is 17.3 Å². The second-order valence-corrected chi connectivity index (χ2v) is 6.96. The monoisotopic (exact) mass is 420 g/mol. The predicted molar refractivity (Wildman–Crippen MR) is 106 cm³/mol. The largest absolute Gasteiger partial charge is 0.479 e. The maximum Gasteiger partial charge on any atom is 0.243 e. The molecule has 0 fully saturated rings. The van der Waals surface area contributed by atoms with Crippen molar-refractivity contribution in [1.82, 2.24) is 24.5 Å². The molecule has 2 heterocycles. The molecule has 0 unspecified atom stereocenters. The summed E-state index contributed by atoms with van der Waals surface area (Å²) in [7, 11) is 4.94. The normalized spacial score (nSPS) is 10.9. The number of hydrogen-bond donors (Lipinski definition) is 1. The predicted octanol–water partition coefficient (Wildman–Crippen LogP) is 2.20. The van der Waals surface area contributed by atoms with Gasteiger partial charge in [0.2, 0.25) is 11.8 Å². The van der Waals surface area contributed by atoms with Crippen molar-refractivity contribution in [2.45, 2.75) is 11.7 Å². The summed E-state index contributed by atoms with van der Waals surface area (Å²) in [6, 6.07) is 5.59. The van der Waals surface area contributed by atoms with Crippen molar-refractivity contribution in [3.63, 3.8) is 0 Å². The highest BCUT2D eigenvalue weighted by Crippen LogP contribution is 2.30. The van der Waals surface area contributed by atoms with E-state index in [0.29, 0.717) is 41.3 Å². The van der Waals surface area contributed by atoms with Gasteiger partial charge in [-0.05, 0) is 24.3 Å². The van der Waals surface area contributed by atoms with Gasteiger partial charge in [0.1, 0.15) is 11.4 Å². The number of amides is 1. The Bertz CT molecular complexity index is 973. The van der Waals surface area contributed by atoms with Crippen LogP contribution in [-0.4, -0.2) is 57.0 Å². The summed E-state index contributed by atoms with van der Waals surface area (Å²) in [5, 5.41) is 16.0. The highest BCUT2D eigenvalue weighted by Gasteiger charge is 2.20. The standard InChI is InChI=1S/C18H21FN6O3S/c1-24-10-14(17(23-24)28-3)16-21-22-18(25(16)8-9-27-2)29-11-15(26)20-13-6-4-12(19)5-7-13/h4-7,10H,8-9,11H2,1-3H3,(H,20,26). The van der Waals surface area contributed by atoms with Gasteiger partial charge in [-0.3, -0.25) is 14.0 Å². The SMILES string of the molecule is COCCn1c(SCC(=O)Nc2ccc(F)cc2)nnc1-c1cn(C)nc1OC. The number of benzene rings is 1. The molecule has 0 saturated carbocycles. The summed E-state index contributed by atoms with van der Waals surface area (Å²) < 4.78 is 27.0. The number of carbonyl (C=O) groups excluding carboxylic acids is 1. The van der Waals surface area contributed by atoms with E-state index in [1.165, 1.54) is 43.1 Å². The number of rotatable bonds is 9. The highest BCUT2D eigenvalue weighted by atomic mass is 32.2. The van der Waals surface area contributed by atoms with Gasteiger partial charge in [0.15, 0.2) is 11.0 Å². The third-order valence-corrected chi connectivity index (χ3v) is 4.89. The lowest BCUT2D eigenvalue weighted by atomic mass is 10.3. The average Bonchev–Trinajstić information content (AvgIpc) is 3.28. The molecule has 9 nitrogen and oxygen atoms in total. The van der Waals surface area contributed by atoms with Gasteiger partial charge >= 0.3 is 0 Å². The summed E-state index contributed by atoms with van der Waals surface area (Å²) in [5.74, 6) is 0.537. The second kappa shape index (κ2) is 9.52. The fourth-order valence-electron chi connectivity index (χ4n) is 2.61. The zero-order chi connectivity index (χ0) is 20.8. The minimum Gasteiger partial charge on any atom is -0.479 e. The Balaban J connectivity index is 1.75. The Morgan fingerprint density at radius 1 is 1.24 bits per heavy atom. The van der Waals surface area contributed by atoms with Crippen LogP contribution in [0.25, 0.3) is 11.4 Å². The molecule has 0 bridgehead atoms. The molecule has 1 aromatic carbocycles. The lowest BCUT2D eigenvalue weighted by Crippen LogP contribution is -2.15. The van der Waals surface area contributed by atoms with Crippen molar-refractivity contribution in [3.05, 3.63) is 36.3 Å². The van der Waals surface area contributed by atoms with Crippen molar-refractivity contribution >= 4 is 23.4 Å². The number of ether oxygens (including phenoxy) is 2. The fourth-order valence-corrected chi connectivity index (χ4v) is 3.38. The molecule has 0 aliphatic carbocycles. The Morgan fingerprint density at radius 2 is 2.00 bits per heavy atom. The first-order valence-corrected chi connectivity index (χ1v) is 9.68. The van der Waals surface area contributed by atoms with Gasteiger partial charge in [0, 0.05) is 26.0 Å².